The first-order valence-corrected chi connectivity index (χ1v) is 8.20. The van der Waals surface area contributed by atoms with E-state index in [4.69, 9.17) is 10.5 Å². The summed E-state index contributed by atoms with van der Waals surface area (Å²) in [6, 6.07) is 12.8. The van der Waals surface area contributed by atoms with Gasteiger partial charge in [0.1, 0.15) is 17.2 Å². The minimum absolute atomic E-state index is 0.0483. The van der Waals surface area contributed by atoms with Crippen LogP contribution in [0.4, 0.5) is 18.9 Å². The number of hydrogen-bond donors (Lipinski definition) is 2. The van der Waals surface area contributed by atoms with Gasteiger partial charge in [-0.05, 0) is 73.0 Å². The first kappa shape index (κ1) is 18.6. The number of alkyl halides is 3. The second-order valence-electron chi connectivity index (χ2n) is 6.34. The first-order valence-electron chi connectivity index (χ1n) is 8.20. The topological polar surface area (TPSA) is 55.5 Å². The highest BCUT2D eigenvalue weighted by Gasteiger charge is 2.30. The molecule has 0 aliphatic carbocycles. The summed E-state index contributed by atoms with van der Waals surface area (Å²) in [7, 11) is 0. The second kappa shape index (κ2) is 6.87. The lowest BCUT2D eigenvalue weighted by Gasteiger charge is -2.14. The standard InChI is InChI=1S/C21H18F3NO2/c1-12-9-16(25)10-13(2)20(12)27-17-7-8-19(26)18(11-17)14-3-5-15(6-4-14)21(22,23)24/h3-11,26H,25H2,1-2H3. The van der Waals surface area contributed by atoms with Crippen LogP contribution in [-0.2, 0) is 6.18 Å². The minimum atomic E-state index is -4.41. The third-order valence-electron chi connectivity index (χ3n) is 4.19. The average Bonchev–Trinajstić information content (AvgIpc) is 2.59. The van der Waals surface area contributed by atoms with Crippen molar-refractivity contribution < 1.29 is 23.0 Å². The van der Waals surface area contributed by atoms with Crippen molar-refractivity contribution in [1.29, 1.82) is 0 Å². The van der Waals surface area contributed by atoms with Crippen molar-refractivity contribution in [2.75, 3.05) is 5.73 Å². The summed E-state index contributed by atoms with van der Waals surface area (Å²) >= 11 is 0. The van der Waals surface area contributed by atoms with Crippen LogP contribution in [0.5, 0.6) is 17.2 Å². The van der Waals surface area contributed by atoms with Crippen LogP contribution in [0.25, 0.3) is 11.1 Å². The number of hydrogen-bond acceptors (Lipinski definition) is 3. The first-order chi connectivity index (χ1) is 12.6. The molecule has 3 aromatic carbocycles. The Labute approximate surface area is 154 Å². The van der Waals surface area contributed by atoms with Crippen molar-refractivity contribution in [2.45, 2.75) is 20.0 Å². The number of ether oxygens (including phenoxy) is 1. The van der Waals surface area contributed by atoms with Gasteiger partial charge in [-0.15, -0.1) is 0 Å². The van der Waals surface area contributed by atoms with E-state index in [1.807, 2.05) is 13.8 Å². The number of nitrogens with two attached hydrogens (primary N) is 1. The largest absolute Gasteiger partial charge is 0.507 e. The van der Waals surface area contributed by atoms with Crippen molar-refractivity contribution in [1.82, 2.24) is 0 Å². The van der Waals surface area contributed by atoms with Gasteiger partial charge >= 0.3 is 6.18 Å². The van der Waals surface area contributed by atoms with Crippen LogP contribution in [0.1, 0.15) is 16.7 Å². The molecule has 3 aromatic rings. The van der Waals surface area contributed by atoms with Gasteiger partial charge in [0.15, 0.2) is 0 Å². The molecule has 0 fully saturated rings. The summed E-state index contributed by atoms with van der Waals surface area (Å²) in [5, 5.41) is 10.1. The van der Waals surface area contributed by atoms with E-state index in [1.165, 1.54) is 18.2 Å². The molecule has 0 spiro atoms. The summed E-state index contributed by atoms with van der Waals surface area (Å²) in [4.78, 5) is 0. The highest BCUT2D eigenvalue weighted by molar-refractivity contribution is 5.72. The molecule has 3 rings (SSSR count). The lowest BCUT2D eigenvalue weighted by atomic mass is 10.0. The van der Waals surface area contributed by atoms with E-state index in [1.54, 1.807) is 24.3 Å². The molecular weight excluding hydrogens is 355 g/mol. The number of benzene rings is 3. The van der Waals surface area contributed by atoms with Gasteiger partial charge < -0.3 is 15.6 Å². The summed E-state index contributed by atoms with van der Waals surface area (Å²) in [5.41, 5.74) is 8.26. The van der Waals surface area contributed by atoms with Gasteiger partial charge in [0, 0.05) is 11.3 Å². The Morgan fingerprint density at radius 3 is 2.04 bits per heavy atom. The number of aromatic hydroxyl groups is 1. The molecule has 3 nitrogen and oxygen atoms in total. The minimum Gasteiger partial charge on any atom is -0.507 e. The lowest BCUT2D eigenvalue weighted by molar-refractivity contribution is -0.137. The van der Waals surface area contributed by atoms with E-state index < -0.39 is 11.7 Å². The van der Waals surface area contributed by atoms with E-state index in [0.717, 1.165) is 23.3 Å². The van der Waals surface area contributed by atoms with Crippen LogP contribution in [0, 0.1) is 13.8 Å². The number of halogens is 3. The SMILES string of the molecule is Cc1cc(N)cc(C)c1Oc1ccc(O)c(-c2ccc(C(F)(F)F)cc2)c1. The van der Waals surface area contributed by atoms with Crippen LogP contribution in [-0.4, -0.2) is 5.11 Å². The fourth-order valence-electron chi connectivity index (χ4n) is 2.91. The molecule has 0 amide bonds. The molecule has 0 aliphatic rings. The Hall–Kier alpha value is -3.15. The molecule has 0 aromatic heterocycles. The van der Waals surface area contributed by atoms with Gasteiger partial charge in [0.25, 0.3) is 0 Å². The van der Waals surface area contributed by atoms with Gasteiger partial charge in [0.2, 0.25) is 0 Å². The maximum absolute atomic E-state index is 12.7. The number of phenols is 1. The molecule has 140 valence electrons. The molecule has 0 aliphatic heterocycles. The Morgan fingerprint density at radius 2 is 1.48 bits per heavy atom. The van der Waals surface area contributed by atoms with Gasteiger partial charge in [-0.3, -0.25) is 0 Å². The summed E-state index contributed by atoms with van der Waals surface area (Å²) < 4.78 is 44.1. The molecule has 0 unspecified atom stereocenters. The molecule has 0 heterocycles. The van der Waals surface area contributed by atoms with E-state index in [0.29, 0.717) is 28.3 Å². The summed E-state index contributed by atoms with van der Waals surface area (Å²) in [5.74, 6) is 1.06. The predicted molar refractivity (Wildman–Crippen MR) is 98.9 cm³/mol. The molecular formula is C21H18F3NO2. The van der Waals surface area contributed by atoms with Gasteiger partial charge in [0.05, 0.1) is 5.56 Å². The zero-order valence-corrected chi connectivity index (χ0v) is 14.8. The fourth-order valence-corrected chi connectivity index (χ4v) is 2.91. The predicted octanol–water partition coefficient (Wildman–Crippen LogP) is 6.07. The van der Waals surface area contributed by atoms with Gasteiger partial charge in [-0.25, -0.2) is 0 Å². The Morgan fingerprint density at radius 1 is 0.889 bits per heavy atom. The van der Waals surface area contributed by atoms with Crippen LogP contribution in [0.2, 0.25) is 0 Å². The summed E-state index contributed by atoms with van der Waals surface area (Å²) in [6.45, 7) is 3.74. The number of anilines is 1. The molecule has 6 heteroatoms. The van der Waals surface area contributed by atoms with Crippen molar-refractivity contribution in [3.8, 4) is 28.4 Å². The zero-order chi connectivity index (χ0) is 19.8. The average molecular weight is 373 g/mol. The Kier molecular flexibility index (Phi) is 4.74. The monoisotopic (exact) mass is 373 g/mol. The molecule has 3 N–H and O–H groups in total. The highest BCUT2D eigenvalue weighted by atomic mass is 19.4. The van der Waals surface area contributed by atoms with Crippen molar-refractivity contribution in [3.05, 3.63) is 71.3 Å². The van der Waals surface area contributed by atoms with Gasteiger partial charge in [-0.2, -0.15) is 13.2 Å². The van der Waals surface area contributed by atoms with E-state index >= 15 is 0 Å². The molecule has 0 bridgehead atoms. The number of aryl methyl sites for hydroxylation is 2. The van der Waals surface area contributed by atoms with Crippen LogP contribution < -0.4 is 10.5 Å². The van der Waals surface area contributed by atoms with E-state index in [9.17, 15) is 18.3 Å². The fraction of sp³-hybridized carbons (Fsp3) is 0.143. The zero-order valence-electron chi connectivity index (χ0n) is 14.8. The quantitative estimate of drug-likeness (QED) is 0.548. The van der Waals surface area contributed by atoms with Crippen LogP contribution in [0.3, 0.4) is 0 Å². The Balaban J connectivity index is 1.96. The van der Waals surface area contributed by atoms with Gasteiger partial charge in [-0.1, -0.05) is 12.1 Å². The third kappa shape index (κ3) is 4.00. The molecule has 27 heavy (non-hydrogen) atoms. The third-order valence-corrected chi connectivity index (χ3v) is 4.19. The maximum atomic E-state index is 12.7. The second-order valence-corrected chi connectivity index (χ2v) is 6.34. The lowest BCUT2D eigenvalue weighted by Crippen LogP contribution is -2.04. The number of phenolic OH excluding ortho intramolecular Hbond substituents is 1. The molecule has 0 atom stereocenters. The number of rotatable bonds is 3. The molecule has 0 saturated carbocycles. The van der Waals surface area contributed by atoms with Crippen LogP contribution in [0.15, 0.2) is 54.6 Å². The highest BCUT2D eigenvalue weighted by Crippen LogP contribution is 2.37. The summed E-state index contributed by atoms with van der Waals surface area (Å²) in [6.07, 6.45) is -4.41. The molecule has 0 radical (unpaired) electrons. The maximum Gasteiger partial charge on any atom is 0.416 e. The van der Waals surface area contributed by atoms with E-state index in [-0.39, 0.29) is 5.75 Å². The van der Waals surface area contributed by atoms with Crippen molar-refractivity contribution in [3.63, 3.8) is 0 Å². The van der Waals surface area contributed by atoms with E-state index in [2.05, 4.69) is 0 Å². The number of nitrogen functional groups attached to an aromatic ring is 1. The normalized spacial score (nSPS) is 11.4. The van der Waals surface area contributed by atoms with Crippen molar-refractivity contribution >= 4 is 5.69 Å². The Bertz CT molecular complexity index is 957. The molecule has 0 saturated heterocycles. The van der Waals surface area contributed by atoms with Crippen molar-refractivity contribution in [2.24, 2.45) is 0 Å². The smallest absolute Gasteiger partial charge is 0.416 e. The van der Waals surface area contributed by atoms with Crippen LogP contribution >= 0.6 is 0 Å².